The van der Waals surface area contributed by atoms with Crippen molar-refractivity contribution in [2.75, 3.05) is 14.2 Å². The maximum absolute atomic E-state index is 13.5. The van der Waals surface area contributed by atoms with Gasteiger partial charge in [-0.3, -0.25) is 14.2 Å². The molecule has 7 heteroatoms. The maximum atomic E-state index is 13.5. The molecule has 1 aliphatic carbocycles. The van der Waals surface area contributed by atoms with Gasteiger partial charge in [0.25, 0.3) is 5.56 Å². The van der Waals surface area contributed by atoms with Gasteiger partial charge in [-0.25, -0.2) is 4.99 Å². The standard InChI is InChI=1S/C25H22N2O4S/c1-30-17-10-6-15(7-11-17)14-21-24(29)27-23(16-8-12-18(31-2)13-9-16)22-19(26-25(27)32-21)4-3-5-20(22)28/h6-14,23H,3-5H2,1-2H3. The van der Waals surface area contributed by atoms with E-state index in [2.05, 4.69) is 0 Å². The van der Waals surface area contributed by atoms with Gasteiger partial charge in [-0.05, 0) is 54.3 Å². The molecule has 32 heavy (non-hydrogen) atoms. The number of ketones is 1. The van der Waals surface area contributed by atoms with Crippen LogP contribution in [0.2, 0.25) is 0 Å². The molecule has 0 radical (unpaired) electrons. The van der Waals surface area contributed by atoms with Crippen LogP contribution in [-0.2, 0) is 4.79 Å². The zero-order valence-corrected chi connectivity index (χ0v) is 18.6. The molecule has 1 aliphatic heterocycles. The number of aromatic nitrogens is 1. The van der Waals surface area contributed by atoms with E-state index >= 15 is 0 Å². The lowest BCUT2D eigenvalue weighted by Gasteiger charge is -2.28. The first-order valence-corrected chi connectivity index (χ1v) is 11.3. The number of hydrogen-bond donors (Lipinski definition) is 0. The first kappa shape index (κ1) is 20.5. The maximum Gasteiger partial charge on any atom is 0.271 e. The lowest BCUT2D eigenvalue weighted by molar-refractivity contribution is -0.116. The molecule has 0 saturated carbocycles. The lowest BCUT2D eigenvalue weighted by Crippen LogP contribution is -2.40. The molecule has 6 nitrogen and oxygen atoms in total. The Balaban J connectivity index is 1.70. The van der Waals surface area contributed by atoms with Crippen LogP contribution in [0, 0.1) is 0 Å². The number of nitrogens with zero attached hydrogens (tertiary/aromatic N) is 2. The number of methoxy groups -OCH3 is 2. The van der Waals surface area contributed by atoms with Crippen LogP contribution in [0.5, 0.6) is 11.5 Å². The number of fused-ring (bicyclic) bond motifs is 1. The van der Waals surface area contributed by atoms with Crippen LogP contribution in [0.3, 0.4) is 0 Å². The number of carbonyl (C=O) groups is 1. The number of rotatable bonds is 4. The summed E-state index contributed by atoms with van der Waals surface area (Å²) in [6.45, 7) is 0. The van der Waals surface area contributed by atoms with E-state index in [0.717, 1.165) is 41.2 Å². The second kappa shape index (κ2) is 8.24. The van der Waals surface area contributed by atoms with Gasteiger partial charge in [0.05, 0.1) is 30.5 Å². The van der Waals surface area contributed by atoms with Crippen molar-refractivity contribution in [2.24, 2.45) is 4.99 Å². The van der Waals surface area contributed by atoms with Gasteiger partial charge in [-0.2, -0.15) is 0 Å². The fourth-order valence-electron chi connectivity index (χ4n) is 4.26. The minimum absolute atomic E-state index is 0.0697. The predicted octanol–water partition coefficient (Wildman–Crippen LogP) is 2.99. The van der Waals surface area contributed by atoms with E-state index in [4.69, 9.17) is 14.5 Å². The Morgan fingerprint density at radius 2 is 1.62 bits per heavy atom. The van der Waals surface area contributed by atoms with E-state index < -0.39 is 6.04 Å². The second-order valence-electron chi connectivity index (χ2n) is 7.77. The summed E-state index contributed by atoms with van der Waals surface area (Å²) >= 11 is 1.36. The van der Waals surface area contributed by atoms with E-state index in [1.807, 2.05) is 54.6 Å². The Labute approximate surface area is 188 Å². The third-order valence-electron chi connectivity index (χ3n) is 5.87. The van der Waals surface area contributed by atoms with Crippen molar-refractivity contribution in [1.82, 2.24) is 4.57 Å². The lowest BCUT2D eigenvalue weighted by atomic mass is 9.86. The summed E-state index contributed by atoms with van der Waals surface area (Å²) in [5.41, 5.74) is 3.08. The third kappa shape index (κ3) is 3.48. The number of benzene rings is 2. The molecule has 2 heterocycles. The Kier molecular flexibility index (Phi) is 5.27. The highest BCUT2D eigenvalue weighted by molar-refractivity contribution is 7.07. The van der Waals surface area contributed by atoms with Crippen LogP contribution in [0.4, 0.5) is 0 Å². The molecule has 0 amide bonds. The van der Waals surface area contributed by atoms with Crippen molar-refractivity contribution in [2.45, 2.75) is 25.3 Å². The number of Topliss-reactive ketones (excluding diaryl/α,β-unsaturated/α-hetero) is 1. The molecule has 1 aromatic heterocycles. The van der Waals surface area contributed by atoms with Crippen LogP contribution in [0.1, 0.15) is 36.4 Å². The number of carbonyl (C=O) groups excluding carboxylic acids is 1. The van der Waals surface area contributed by atoms with Crippen LogP contribution in [0.25, 0.3) is 6.08 Å². The summed E-state index contributed by atoms with van der Waals surface area (Å²) in [5.74, 6) is 1.55. The molecule has 0 fully saturated rings. The third-order valence-corrected chi connectivity index (χ3v) is 6.86. The van der Waals surface area contributed by atoms with Crippen molar-refractivity contribution in [3.8, 4) is 11.5 Å². The molecule has 0 N–H and O–H groups in total. The highest BCUT2D eigenvalue weighted by Gasteiger charge is 2.34. The summed E-state index contributed by atoms with van der Waals surface area (Å²) in [5, 5.41) is 0. The largest absolute Gasteiger partial charge is 0.497 e. The molecular formula is C25H22N2O4S. The summed E-state index contributed by atoms with van der Waals surface area (Å²) in [4.78, 5) is 31.9. The van der Waals surface area contributed by atoms with Crippen LogP contribution >= 0.6 is 11.3 Å². The van der Waals surface area contributed by atoms with Crippen LogP contribution in [0.15, 0.2) is 69.6 Å². The Hall–Kier alpha value is -3.45. The van der Waals surface area contributed by atoms with Gasteiger partial charge in [-0.15, -0.1) is 0 Å². The quantitative estimate of drug-likeness (QED) is 0.618. The van der Waals surface area contributed by atoms with Gasteiger partial charge in [0.2, 0.25) is 0 Å². The van der Waals surface area contributed by atoms with Crippen molar-refractivity contribution in [1.29, 1.82) is 0 Å². The average Bonchev–Trinajstić information content (AvgIpc) is 3.13. The number of ether oxygens (including phenoxy) is 2. The SMILES string of the molecule is COc1ccc(C=c2sc3n(c2=O)C(c2ccc(OC)cc2)C2=C(CCCC2=O)N=3)cc1. The van der Waals surface area contributed by atoms with E-state index in [1.54, 1.807) is 18.8 Å². The summed E-state index contributed by atoms with van der Waals surface area (Å²) in [7, 11) is 3.23. The Bertz CT molecular complexity index is 1400. The minimum atomic E-state index is -0.474. The molecule has 0 bridgehead atoms. The highest BCUT2D eigenvalue weighted by atomic mass is 32.1. The fourth-order valence-corrected chi connectivity index (χ4v) is 5.28. The molecule has 162 valence electrons. The normalized spacial score (nSPS) is 18.1. The first-order chi connectivity index (χ1) is 15.6. The number of thiazole rings is 1. The molecular weight excluding hydrogens is 424 g/mol. The minimum Gasteiger partial charge on any atom is -0.497 e. The molecule has 1 unspecified atom stereocenters. The zero-order chi connectivity index (χ0) is 22.2. The van der Waals surface area contributed by atoms with Crippen molar-refractivity contribution in [3.05, 3.63) is 90.6 Å². The van der Waals surface area contributed by atoms with Gasteiger partial charge in [-0.1, -0.05) is 35.6 Å². The van der Waals surface area contributed by atoms with Gasteiger partial charge >= 0.3 is 0 Å². The Morgan fingerprint density at radius 1 is 0.969 bits per heavy atom. The second-order valence-corrected chi connectivity index (χ2v) is 8.78. The zero-order valence-electron chi connectivity index (χ0n) is 17.8. The fraction of sp³-hybridized carbons (Fsp3) is 0.240. The molecule has 2 aliphatic rings. The van der Waals surface area contributed by atoms with Gasteiger partial charge < -0.3 is 9.47 Å². The van der Waals surface area contributed by atoms with E-state index in [9.17, 15) is 9.59 Å². The topological polar surface area (TPSA) is 69.9 Å². The van der Waals surface area contributed by atoms with Crippen LogP contribution in [-0.4, -0.2) is 24.6 Å². The smallest absolute Gasteiger partial charge is 0.271 e. The van der Waals surface area contributed by atoms with E-state index in [0.29, 0.717) is 21.3 Å². The molecule has 0 saturated heterocycles. The van der Waals surface area contributed by atoms with Crippen molar-refractivity contribution >= 4 is 23.2 Å². The molecule has 5 rings (SSSR count). The number of allylic oxidation sites excluding steroid dienone is 2. The van der Waals surface area contributed by atoms with Gasteiger partial charge in [0.1, 0.15) is 11.5 Å². The summed E-state index contributed by atoms with van der Waals surface area (Å²) in [6, 6.07) is 14.6. The first-order valence-electron chi connectivity index (χ1n) is 10.4. The molecule has 0 spiro atoms. The Morgan fingerprint density at radius 3 is 2.28 bits per heavy atom. The van der Waals surface area contributed by atoms with Gasteiger partial charge in [0.15, 0.2) is 10.6 Å². The molecule has 1 atom stereocenters. The number of hydrogen-bond acceptors (Lipinski definition) is 6. The van der Waals surface area contributed by atoms with Gasteiger partial charge in [0, 0.05) is 12.0 Å². The molecule has 3 aromatic rings. The van der Waals surface area contributed by atoms with Crippen molar-refractivity contribution in [3.63, 3.8) is 0 Å². The van der Waals surface area contributed by atoms with E-state index in [1.165, 1.54) is 11.3 Å². The van der Waals surface area contributed by atoms with Crippen molar-refractivity contribution < 1.29 is 14.3 Å². The monoisotopic (exact) mass is 446 g/mol. The summed E-state index contributed by atoms with van der Waals surface area (Å²) in [6.07, 6.45) is 3.88. The van der Waals surface area contributed by atoms with E-state index in [-0.39, 0.29) is 11.3 Å². The summed E-state index contributed by atoms with van der Waals surface area (Å²) < 4.78 is 12.8. The average molecular weight is 447 g/mol. The highest BCUT2D eigenvalue weighted by Crippen LogP contribution is 2.36. The van der Waals surface area contributed by atoms with Crippen LogP contribution < -0.4 is 24.4 Å². The predicted molar refractivity (Wildman–Crippen MR) is 123 cm³/mol. The molecule has 2 aromatic carbocycles.